The Morgan fingerprint density at radius 2 is 1.68 bits per heavy atom. The molecule has 0 amide bonds. The number of rotatable bonds is 4. The Balaban J connectivity index is 2.27. The molecule has 0 saturated heterocycles. The first-order chi connectivity index (χ1) is 9.11. The summed E-state index contributed by atoms with van der Waals surface area (Å²) in [6.07, 6.45) is 2.34. The summed E-state index contributed by atoms with van der Waals surface area (Å²) in [5.41, 5.74) is 3.91. The summed E-state index contributed by atoms with van der Waals surface area (Å²) in [4.78, 5) is 0.204. The van der Waals surface area contributed by atoms with Gasteiger partial charge in [0.15, 0.2) is 0 Å². The monoisotopic (exact) mass is 444 g/mol. The minimum absolute atomic E-state index is 0.204. The zero-order chi connectivity index (χ0) is 13.8. The average molecular weight is 447 g/mol. The standard InChI is InChI=1S/C16H15Br3/c1-2-3-11-4-6-12(7-5-11)16(19)14-10-13(17)8-9-15(14)18/h4-10,16H,2-3H2,1H3. The second kappa shape index (κ2) is 7.05. The van der Waals surface area contributed by atoms with E-state index in [2.05, 4.69) is 91.1 Å². The molecule has 0 nitrogen and oxygen atoms in total. The van der Waals surface area contributed by atoms with E-state index >= 15 is 0 Å². The summed E-state index contributed by atoms with van der Waals surface area (Å²) in [7, 11) is 0. The normalized spacial score (nSPS) is 12.4. The van der Waals surface area contributed by atoms with Crippen molar-refractivity contribution in [1.82, 2.24) is 0 Å². The van der Waals surface area contributed by atoms with Crippen LogP contribution in [0.5, 0.6) is 0 Å². The SMILES string of the molecule is CCCc1ccc(C(Br)c2cc(Br)ccc2Br)cc1. The van der Waals surface area contributed by atoms with E-state index in [4.69, 9.17) is 0 Å². The van der Waals surface area contributed by atoms with E-state index in [1.807, 2.05) is 6.07 Å². The van der Waals surface area contributed by atoms with Crippen molar-refractivity contribution in [2.45, 2.75) is 24.6 Å². The predicted octanol–water partition coefficient (Wildman–Crippen LogP) is 6.65. The smallest absolute Gasteiger partial charge is 0.0656 e. The summed E-state index contributed by atoms with van der Waals surface area (Å²) in [6.45, 7) is 2.21. The number of hydrogen-bond acceptors (Lipinski definition) is 0. The third kappa shape index (κ3) is 3.93. The van der Waals surface area contributed by atoms with Crippen molar-refractivity contribution < 1.29 is 0 Å². The minimum Gasteiger partial charge on any atom is -0.0786 e. The fraction of sp³-hybridized carbons (Fsp3) is 0.250. The molecule has 100 valence electrons. The number of halogens is 3. The third-order valence-corrected chi connectivity index (χ3v) is 5.28. The highest BCUT2D eigenvalue weighted by molar-refractivity contribution is 9.11. The molecule has 2 aromatic rings. The van der Waals surface area contributed by atoms with Gasteiger partial charge < -0.3 is 0 Å². The van der Waals surface area contributed by atoms with Crippen molar-refractivity contribution in [3.63, 3.8) is 0 Å². The molecule has 0 bridgehead atoms. The van der Waals surface area contributed by atoms with Gasteiger partial charge >= 0.3 is 0 Å². The second-order valence-electron chi connectivity index (χ2n) is 4.52. The van der Waals surface area contributed by atoms with Crippen molar-refractivity contribution >= 4 is 47.8 Å². The molecule has 0 saturated carbocycles. The molecule has 2 aromatic carbocycles. The van der Waals surface area contributed by atoms with Crippen molar-refractivity contribution in [3.8, 4) is 0 Å². The van der Waals surface area contributed by atoms with Gasteiger partial charge in [-0.1, -0.05) is 85.4 Å². The molecule has 1 atom stereocenters. The molecule has 3 heteroatoms. The number of aryl methyl sites for hydroxylation is 1. The minimum atomic E-state index is 0.204. The Bertz CT molecular complexity index is 546. The molecule has 1 unspecified atom stereocenters. The zero-order valence-corrected chi connectivity index (χ0v) is 15.4. The van der Waals surface area contributed by atoms with Gasteiger partial charge in [0, 0.05) is 8.95 Å². The molecule has 0 fully saturated rings. The molecular formula is C16H15Br3. The van der Waals surface area contributed by atoms with Gasteiger partial charge in [-0.05, 0) is 41.3 Å². The van der Waals surface area contributed by atoms with Crippen LogP contribution >= 0.6 is 47.8 Å². The fourth-order valence-electron chi connectivity index (χ4n) is 2.03. The maximum Gasteiger partial charge on any atom is 0.0656 e. The maximum absolute atomic E-state index is 3.79. The summed E-state index contributed by atoms with van der Waals surface area (Å²) in [6, 6.07) is 15.1. The maximum atomic E-state index is 3.79. The Morgan fingerprint density at radius 3 is 2.32 bits per heavy atom. The molecule has 0 aliphatic heterocycles. The number of hydrogen-bond donors (Lipinski definition) is 0. The second-order valence-corrected chi connectivity index (χ2v) is 7.21. The molecule has 19 heavy (non-hydrogen) atoms. The zero-order valence-electron chi connectivity index (χ0n) is 10.7. The summed E-state index contributed by atoms with van der Waals surface area (Å²) in [5, 5.41) is 0. The van der Waals surface area contributed by atoms with Gasteiger partial charge in [-0.3, -0.25) is 0 Å². The van der Waals surface area contributed by atoms with E-state index in [-0.39, 0.29) is 4.83 Å². The van der Waals surface area contributed by atoms with Crippen LogP contribution < -0.4 is 0 Å². The van der Waals surface area contributed by atoms with Crippen LogP contribution in [-0.4, -0.2) is 0 Å². The van der Waals surface area contributed by atoms with Crippen LogP contribution in [0.4, 0.5) is 0 Å². The molecular weight excluding hydrogens is 432 g/mol. The first-order valence-electron chi connectivity index (χ1n) is 6.29. The molecule has 0 heterocycles. The quantitative estimate of drug-likeness (QED) is 0.461. The van der Waals surface area contributed by atoms with Crippen molar-refractivity contribution in [2.75, 3.05) is 0 Å². The van der Waals surface area contributed by atoms with Crippen LogP contribution in [0.3, 0.4) is 0 Å². The van der Waals surface area contributed by atoms with Crippen molar-refractivity contribution in [1.29, 1.82) is 0 Å². The molecule has 2 rings (SSSR count). The van der Waals surface area contributed by atoms with E-state index in [0.717, 1.165) is 15.4 Å². The van der Waals surface area contributed by atoms with Crippen LogP contribution in [0.2, 0.25) is 0 Å². The Labute approximate surface area is 140 Å². The Morgan fingerprint density at radius 1 is 1.00 bits per heavy atom. The Hall–Kier alpha value is -0.120. The summed E-state index contributed by atoms with van der Waals surface area (Å²) < 4.78 is 2.22. The lowest BCUT2D eigenvalue weighted by Gasteiger charge is -2.14. The van der Waals surface area contributed by atoms with Crippen LogP contribution in [0.1, 0.15) is 34.9 Å². The lowest BCUT2D eigenvalue weighted by atomic mass is 10.0. The molecule has 0 aromatic heterocycles. The topological polar surface area (TPSA) is 0 Å². The first-order valence-corrected chi connectivity index (χ1v) is 8.80. The number of alkyl halides is 1. The Kier molecular flexibility index (Phi) is 5.67. The predicted molar refractivity (Wildman–Crippen MR) is 93.0 cm³/mol. The highest BCUT2D eigenvalue weighted by Gasteiger charge is 2.13. The average Bonchev–Trinajstić information content (AvgIpc) is 2.42. The van der Waals surface area contributed by atoms with E-state index < -0.39 is 0 Å². The highest BCUT2D eigenvalue weighted by Crippen LogP contribution is 2.36. The van der Waals surface area contributed by atoms with Crippen LogP contribution in [0, 0.1) is 0 Å². The van der Waals surface area contributed by atoms with Crippen LogP contribution in [0.15, 0.2) is 51.4 Å². The summed E-state index contributed by atoms with van der Waals surface area (Å²) >= 11 is 10.9. The van der Waals surface area contributed by atoms with Gasteiger partial charge in [-0.25, -0.2) is 0 Å². The van der Waals surface area contributed by atoms with Gasteiger partial charge in [0.25, 0.3) is 0 Å². The van der Waals surface area contributed by atoms with Crippen LogP contribution in [0.25, 0.3) is 0 Å². The van der Waals surface area contributed by atoms with E-state index in [0.29, 0.717) is 0 Å². The van der Waals surface area contributed by atoms with Gasteiger partial charge in [-0.15, -0.1) is 0 Å². The molecule has 0 N–H and O–H groups in total. The van der Waals surface area contributed by atoms with E-state index in [1.165, 1.54) is 23.1 Å². The van der Waals surface area contributed by atoms with E-state index in [1.54, 1.807) is 0 Å². The highest BCUT2D eigenvalue weighted by atomic mass is 79.9. The van der Waals surface area contributed by atoms with E-state index in [9.17, 15) is 0 Å². The number of benzene rings is 2. The van der Waals surface area contributed by atoms with Crippen LogP contribution in [-0.2, 0) is 6.42 Å². The van der Waals surface area contributed by atoms with Crippen molar-refractivity contribution in [2.24, 2.45) is 0 Å². The molecule has 0 radical (unpaired) electrons. The van der Waals surface area contributed by atoms with Crippen molar-refractivity contribution in [3.05, 3.63) is 68.1 Å². The molecule has 0 aliphatic rings. The largest absolute Gasteiger partial charge is 0.0786 e. The van der Waals surface area contributed by atoms with Gasteiger partial charge in [0.05, 0.1) is 4.83 Å². The molecule has 0 spiro atoms. The lowest BCUT2D eigenvalue weighted by molar-refractivity contribution is 0.920. The van der Waals surface area contributed by atoms with Gasteiger partial charge in [0.2, 0.25) is 0 Å². The van der Waals surface area contributed by atoms with Gasteiger partial charge in [0.1, 0.15) is 0 Å². The third-order valence-electron chi connectivity index (χ3n) is 3.04. The fourth-order valence-corrected chi connectivity index (χ4v) is 3.88. The first kappa shape index (κ1) is 15.3. The molecule has 0 aliphatic carbocycles. The van der Waals surface area contributed by atoms with Gasteiger partial charge in [-0.2, -0.15) is 0 Å². The summed E-state index contributed by atoms with van der Waals surface area (Å²) in [5.74, 6) is 0. The lowest BCUT2D eigenvalue weighted by Crippen LogP contribution is -1.95.